The first-order valence-electron chi connectivity index (χ1n) is 14.4. The molecule has 232 valence electrons. The van der Waals surface area contributed by atoms with Crippen molar-refractivity contribution in [3.63, 3.8) is 0 Å². The van der Waals surface area contributed by atoms with Gasteiger partial charge in [-0.2, -0.15) is 0 Å². The molecule has 1 aromatic rings. The molecular formula is C26H56O8Si6. The molecule has 14 heteroatoms. The standard InChI is InChI=1S/C26H56O8Si6/c1-35(2,3)30-37(6,7)32-39(10,11)34-40(12,13)33-38(8,9)31-36(4,5)23-17-15-14-16-22-29-25-20-18-24(19-21-25)26(27)28/h18-21H,14-17,22-23H2,1-13H3,(H,27,28). The Morgan fingerprint density at radius 2 is 1.02 bits per heavy atom. The monoisotopic (exact) mass is 664 g/mol. The number of carboxylic acid groups (broad SMARTS) is 1. The van der Waals surface area contributed by atoms with Crippen LogP contribution in [0.1, 0.15) is 36.0 Å². The predicted octanol–water partition coefficient (Wildman–Crippen LogP) is 8.25. The number of aromatic carboxylic acids is 1. The number of benzene rings is 1. The molecule has 0 spiro atoms. The number of carbonyl (C=O) groups is 1. The first-order valence-corrected chi connectivity index (χ1v) is 32.2. The molecule has 0 fully saturated rings. The summed E-state index contributed by atoms with van der Waals surface area (Å²) in [4.78, 5) is 10.9. The van der Waals surface area contributed by atoms with E-state index in [1.54, 1.807) is 24.3 Å². The summed E-state index contributed by atoms with van der Waals surface area (Å²) in [5.41, 5.74) is 0.268. The molecule has 1 N–H and O–H groups in total. The van der Waals surface area contributed by atoms with Crippen molar-refractivity contribution in [1.82, 2.24) is 0 Å². The van der Waals surface area contributed by atoms with Crippen molar-refractivity contribution in [3.05, 3.63) is 29.8 Å². The highest BCUT2D eigenvalue weighted by molar-refractivity contribution is 6.91. The van der Waals surface area contributed by atoms with Crippen molar-refractivity contribution in [2.45, 2.75) is 117 Å². The van der Waals surface area contributed by atoms with Gasteiger partial charge in [0.15, 0.2) is 16.6 Å². The lowest BCUT2D eigenvalue weighted by Crippen LogP contribution is -2.59. The van der Waals surface area contributed by atoms with Gasteiger partial charge in [-0.15, -0.1) is 0 Å². The van der Waals surface area contributed by atoms with Gasteiger partial charge >= 0.3 is 40.2 Å². The molecule has 0 aliphatic carbocycles. The van der Waals surface area contributed by atoms with Gasteiger partial charge in [-0.1, -0.05) is 19.3 Å². The SMILES string of the molecule is C[Si](C)(C)O[Si](C)(C)O[Si](C)(C)O[Si](C)(C)O[Si](C)(C)O[Si](C)(C)CCCCCCOc1ccc(C(=O)O)cc1. The van der Waals surface area contributed by atoms with E-state index in [4.69, 9.17) is 30.4 Å². The Bertz CT molecular complexity index is 930. The molecular weight excluding hydrogens is 609 g/mol. The average Bonchev–Trinajstić information content (AvgIpc) is 2.67. The summed E-state index contributed by atoms with van der Waals surface area (Å²) >= 11 is 0. The highest BCUT2D eigenvalue weighted by Crippen LogP contribution is 2.28. The molecule has 0 heterocycles. The van der Waals surface area contributed by atoms with Gasteiger partial charge in [-0.05, 0) is 122 Å². The summed E-state index contributed by atoms with van der Waals surface area (Å²) < 4.78 is 38.8. The summed E-state index contributed by atoms with van der Waals surface area (Å²) in [5.74, 6) is -0.221. The van der Waals surface area contributed by atoms with Crippen LogP contribution in [-0.4, -0.2) is 68.6 Å². The lowest BCUT2D eigenvalue weighted by Gasteiger charge is -2.43. The van der Waals surface area contributed by atoms with Gasteiger partial charge in [0.25, 0.3) is 0 Å². The number of rotatable bonds is 19. The average molecular weight is 665 g/mol. The lowest BCUT2D eigenvalue weighted by molar-refractivity contribution is 0.0696. The van der Waals surface area contributed by atoms with E-state index in [2.05, 4.69) is 85.1 Å². The molecule has 0 saturated heterocycles. The first-order chi connectivity index (χ1) is 17.9. The number of unbranched alkanes of at least 4 members (excludes halogenated alkanes) is 3. The van der Waals surface area contributed by atoms with Crippen molar-refractivity contribution >= 4 is 56.8 Å². The summed E-state index contributed by atoms with van der Waals surface area (Å²) in [5, 5.41) is 8.98. The zero-order valence-electron chi connectivity index (χ0n) is 27.4. The van der Waals surface area contributed by atoms with Crippen molar-refractivity contribution in [2.24, 2.45) is 0 Å². The van der Waals surface area contributed by atoms with E-state index < -0.39 is 56.8 Å². The first kappa shape index (κ1) is 37.6. The summed E-state index contributed by atoms with van der Waals surface area (Å²) in [6.07, 6.45) is 4.31. The van der Waals surface area contributed by atoms with E-state index in [0.29, 0.717) is 12.4 Å². The highest BCUT2D eigenvalue weighted by Gasteiger charge is 2.46. The number of ether oxygens (including phenoxy) is 1. The van der Waals surface area contributed by atoms with Crippen molar-refractivity contribution in [2.75, 3.05) is 6.61 Å². The van der Waals surface area contributed by atoms with Crippen LogP contribution < -0.4 is 4.74 Å². The van der Waals surface area contributed by atoms with Gasteiger partial charge in [-0.25, -0.2) is 4.79 Å². The Kier molecular flexibility index (Phi) is 14.0. The Morgan fingerprint density at radius 3 is 1.48 bits per heavy atom. The summed E-state index contributed by atoms with van der Waals surface area (Å²) in [6.45, 7) is 28.7. The van der Waals surface area contributed by atoms with Gasteiger partial charge < -0.3 is 30.4 Å². The van der Waals surface area contributed by atoms with Crippen molar-refractivity contribution in [3.8, 4) is 5.75 Å². The molecule has 0 atom stereocenters. The minimum absolute atomic E-state index is 0.268. The van der Waals surface area contributed by atoms with Gasteiger partial charge in [-0.3, -0.25) is 0 Å². The van der Waals surface area contributed by atoms with E-state index in [1.807, 2.05) is 0 Å². The normalized spacial score (nSPS) is 13.9. The third-order valence-corrected chi connectivity index (χ3v) is 27.5. The smallest absolute Gasteiger partial charge is 0.335 e. The van der Waals surface area contributed by atoms with Crippen LogP contribution in [0.2, 0.25) is 91.2 Å². The molecule has 0 amide bonds. The largest absolute Gasteiger partial charge is 0.494 e. The molecule has 0 unspecified atom stereocenters. The maximum Gasteiger partial charge on any atom is 0.335 e. The molecule has 1 rings (SSSR count). The quantitative estimate of drug-likeness (QED) is 0.117. The molecule has 0 aliphatic heterocycles. The van der Waals surface area contributed by atoms with E-state index in [1.165, 1.54) is 0 Å². The fraction of sp³-hybridized carbons (Fsp3) is 0.731. The van der Waals surface area contributed by atoms with Crippen LogP contribution in [0.25, 0.3) is 0 Å². The van der Waals surface area contributed by atoms with Crippen LogP contribution in [0.3, 0.4) is 0 Å². The van der Waals surface area contributed by atoms with Gasteiger partial charge in [0, 0.05) is 0 Å². The van der Waals surface area contributed by atoms with Gasteiger partial charge in [0.05, 0.1) is 12.2 Å². The molecule has 0 bridgehead atoms. The molecule has 0 saturated carbocycles. The van der Waals surface area contributed by atoms with Crippen LogP contribution in [0.15, 0.2) is 24.3 Å². The third-order valence-electron chi connectivity index (χ3n) is 5.59. The van der Waals surface area contributed by atoms with Crippen LogP contribution in [0.5, 0.6) is 5.75 Å². The zero-order chi connectivity index (χ0) is 31.0. The van der Waals surface area contributed by atoms with E-state index in [-0.39, 0.29) is 5.56 Å². The molecule has 1 aromatic carbocycles. The number of hydrogen-bond acceptors (Lipinski definition) is 7. The van der Waals surface area contributed by atoms with E-state index >= 15 is 0 Å². The Labute approximate surface area is 250 Å². The van der Waals surface area contributed by atoms with Crippen molar-refractivity contribution < 1.29 is 35.2 Å². The molecule has 0 aliphatic rings. The topological polar surface area (TPSA) is 92.7 Å². The van der Waals surface area contributed by atoms with E-state index in [0.717, 1.165) is 31.7 Å². The predicted molar refractivity (Wildman–Crippen MR) is 178 cm³/mol. The second-order valence-corrected chi connectivity index (χ2v) is 37.3. The van der Waals surface area contributed by atoms with Crippen LogP contribution >= 0.6 is 0 Å². The fourth-order valence-corrected chi connectivity index (χ4v) is 34.3. The van der Waals surface area contributed by atoms with Crippen LogP contribution in [0, 0.1) is 0 Å². The number of carboxylic acids is 1. The second-order valence-electron chi connectivity index (χ2n) is 13.8. The zero-order valence-corrected chi connectivity index (χ0v) is 33.4. The molecule has 8 nitrogen and oxygen atoms in total. The maximum absolute atomic E-state index is 10.9. The number of hydrogen-bond donors (Lipinski definition) is 1. The minimum Gasteiger partial charge on any atom is -0.494 e. The highest BCUT2D eigenvalue weighted by atomic mass is 28.5. The van der Waals surface area contributed by atoms with Crippen LogP contribution in [-0.2, 0) is 20.6 Å². The van der Waals surface area contributed by atoms with Crippen LogP contribution in [0.4, 0.5) is 0 Å². The third kappa shape index (κ3) is 16.9. The summed E-state index contributed by atoms with van der Waals surface area (Å²) in [6, 6.07) is 7.64. The molecule has 0 radical (unpaired) electrons. The Morgan fingerprint density at radius 1 is 0.600 bits per heavy atom. The van der Waals surface area contributed by atoms with Crippen molar-refractivity contribution in [1.29, 1.82) is 0 Å². The molecule has 40 heavy (non-hydrogen) atoms. The van der Waals surface area contributed by atoms with Gasteiger partial charge in [0.2, 0.25) is 0 Å². The lowest BCUT2D eigenvalue weighted by atomic mass is 10.2. The fourth-order valence-electron chi connectivity index (χ4n) is 5.20. The Balaban J connectivity index is 2.46. The second kappa shape index (κ2) is 14.9. The Hall–Kier alpha value is -0.409. The van der Waals surface area contributed by atoms with E-state index in [9.17, 15) is 4.79 Å². The summed E-state index contributed by atoms with van der Waals surface area (Å²) in [7, 11) is -13.3. The maximum atomic E-state index is 10.9. The molecule has 0 aromatic heterocycles. The minimum atomic E-state index is -2.49. The van der Waals surface area contributed by atoms with Gasteiger partial charge in [0.1, 0.15) is 5.75 Å².